The molecule has 25 heavy (non-hydrogen) atoms. The molecular formula is C15H19N5O3S2. The fraction of sp³-hybridized carbons (Fsp3) is 0.333. The van der Waals surface area contributed by atoms with Crippen molar-refractivity contribution in [2.75, 3.05) is 23.3 Å². The number of hydrogen-bond acceptors (Lipinski definition) is 6. The first-order valence-electron chi connectivity index (χ1n) is 7.79. The normalized spacial score (nSPS) is 14.5. The number of amides is 2. The van der Waals surface area contributed by atoms with Crippen molar-refractivity contribution in [2.45, 2.75) is 24.3 Å². The van der Waals surface area contributed by atoms with E-state index in [4.69, 9.17) is 5.14 Å². The molecule has 2 heterocycles. The highest BCUT2D eigenvalue weighted by atomic mass is 32.2. The van der Waals surface area contributed by atoms with Gasteiger partial charge in [0, 0.05) is 24.2 Å². The van der Waals surface area contributed by atoms with Crippen LogP contribution in [0.5, 0.6) is 0 Å². The van der Waals surface area contributed by atoms with Crippen molar-refractivity contribution in [1.82, 2.24) is 10.3 Å². The second-order valence-corrected chi connectivity index (χ2v) is 8.09. The van der Waals surface area contributed by atoms with Gasteiger partial charge in [0.15, 0.2) is 5.13 Å². The van der Waals surface area contributed by atoms with Crippen LogP contribution in [0.15, 0.2) is 34.5 Å². The second-order valence-electron chi connectivity index (χ2n) is 5.70. The quantitative estimate of drug-likeness (QED) is 0.729. The van der Waals surface area contributed by atoms with Crippen LogP contribution in [0, 0.1) is 0 Å². The Kier molecular flexibility index (Phi) is 5.21. The third kappa shape index (κ3) is 4.68. The number of thiazole rings is 1. The zero-order valence-corrected chi connectivity index (χ0v) is 15.1. The largest absolute Gasteiger partial charge is 0.348 e. The number of primary sulfonamides is 1. The molecule has 0 radical (unpaired) electrons. The van der Waals surface area contributed by atoms with Gasteiger partial charge in [-0.1, -0.05) is 6.07 Å². The Morgan fingerprint density at radius 1 is 1.32 bits per heavy atom. The second kappa shape index (κ2) is 7.38. The molecule has 3 rings (SSSR count). The van der Waals surface area contributed by atoms with Crippen molar-refractivity contribution in [3.05, 3.63) is 35.3 Å². The van der Waals surface area contributed by atoms with Gasteiger partial charge in [-0.25, -0.2) is 23.3 Å². The van der Waals surface area contributed by atoms with Gasteiger partial charge in [-0.15, -0.1) is 11.3 Å². The molecule has 0 saturated carbocycles. The van der Waals surface area contributed by atoms with Gasteiger partial charge in [-0.05, 0) is 31.0 Å². The van der Waals surface area contributed by atoms with Gasteiger partial charge in [-0.3, -0.25) is 0 Å². The molecule has 1 fully saturated rings. The van der Waals surface area contributed by atoms with E-state index in [1.807, 2.05) is 5.38 Å². The van der Waals surface area contributed by atoms with E-state index in [2.05, 4.69) is 20.5 Å². The van der Waals surface area contributed by atoms with Crippen molar-refractivity contribution in [3.63, 3.8) is 0 Å². The molecule has 1 aliphatic heterocycles. The molecular weight excluding hydrogens is 362 g/mol. The van der Waals surface area contributed by atoms with Crippen LogP contribution < -0.4 is 20.7 Å². The van der Waals surface area contributed by atoms with Gasteiger partial charge in [0.25, 0.3) is 0 Å². The standard InChI is InChI=1S/C15H19N5O3S2/c16-25(22,23)13-5-3-4-11(8-13)18-14(21)17-9-12-10-24-15(19-12)20-6-1-2-7-20/h3-5,8,10H,1-2,6-7,9H2,(H2,16,22,23)(H2,17,18,21). The maximum atomic E-state index is 12.0. The molecule has 0 aliphatic carbocycles. The minimum absolute atomic E-state index is 0.0555. The van der Waals surface area contributed by atoms with Crippen LogP contribution in [-0.4, -0.2) is 32.5 Å². The predicted molar refractivity (Wildman–Crippen MR) is 97.2 cm³/mol. The maximum Gasteiger partial charge on any atom is 0.319 e. The van der Waals surface area contributed by atoms with Gasteiger partial charge >= 0.3 is 6.03 Å². The molecule has 1 aliphatic rings. The predicted octanol–water partition coefficient (Wildman–Crippen LogP) is 1.71. The van der Waals surface area contributed by atoms with Gasteiger partial charge in [0.05, 0.1) is 17.1 Å². The Bertz CT molecular complexity index is 860. The van der Waals surface area contributed by atoms with E-state index >= 15 is 0 Å². The zero-order chi connectivity index (χ0) is 17.9. The number of nitrogens with zero attached hydrogens (tertiary/aromatic N) is 2. The van der Waals surface area contributed by atoms with E-state index in [-0.39, 0.29) is 4.90 Å². The van der Waals surface area contributed by atoms with Crippen LogP contribution in [0.4, 0.5) is 15.6 Å². The number of aromatic nitrogens is 1. The van der Waals surface area contributed by atoms with Crippen molar-refractivity contribution in [2.24, 2.45) is 5.14 Å². The molecule has 0 atom stereocenters. The molecule has 0 spiro atoms. The molecule has 0 unspecified atom stereocenters. The monoisotopic (exact) mass is 381 g/mol. The molecule has 8 nitrogen and oxygen atoms in total. The number of nitrogens with two attached hydrogens (primary N) is 1. The first-order valence-corrected chi connectivity index (χ1v) is 10.2. The molecule has 10 heteroatoms. The lowest BCUT2D eigenvalue weighted by molar-refractivity contribution is 0.251. The van der Waals surface area contributed by atoms with Gasteiger partial charge in [0.2, 0.25) is 10.0 Å². The van der Waals surface area contributed by atoms with E-state index in [9.17, 15) is 13.2 Å². The number of sulfonamides is 1. The summed E-state index contributed by atoms with van der Waals surface area (Å²) in [6.07, 6.45) is 2.38. The first-order chi connectivity index (χ1) is 11.9. The van der Waals surface area contributed by atoms with E-state index in [0.717, 1.165) is 23.9 Å². The third-order valence-corrected chi connectivity index (χ3v) is 5.63. The van der Waals surface area contributed by atoms with Crippen LogP contribution in [-0.2, 0) is 16.6 Å². The Labute approximate surface area is 150 Å². The van der Waals surface area contributed by atoms with Crippen LogP contribution in [0.2, 0.25) is 0 Å². The number of urea groups is 1. The minimum atomic E-state index is -3.81. The SMILES string of the molecule is NS(=O)(=O)c1cccc(NC(=O)NCc2csc(N3CCCC3)n2)c1. The smallest absolute Gasteiger partial charge is 0.319 e. The Morgan fingerprint density at radius 3 is 2.80 bits per heavy atom. The fourth-order valence-corrected chi connectivity index (χ4v) is 3.97. The van der Waals surface area contributed by atoms with Crippen molar-refractivity contribution in [3.8, 4) is 0 Å². The lowest BCUT2D eigenvalue weighted by atomic mass is 10.3. The molecule has 1 saturated heterocycles. The van der Waals surface area contributed by atoms with Crippen LogP contribution in [0.3, 0.4) is 0 Å². The van der Waals surface area contributed by atoms with Gasteiger partial charge in [0.1, 0.15) is 0 Å². The lowest BCUT2D eigenvalue weighted by Crippen LogP contribution is -2.28. The highest BCUT2D eigenvalue weighted by Crippen LogP contribution is 2.24. The molecule has 134 valence electrons. The third-order valence-electron chi connectivity index (χ3n) is 3.77. The summed E-state index contributed by atoms with van der Waals surface area (Å²) in [5.74, 6) is 0. The summed E-state index contributed by atoms with van der Waals surface area (Å²) >= 11 is 1.57. The highest BCUT2D eigenvalue weighted by Gasteiger charge is 2.16. The number of rotatable bonds is 5. The average molecular weight is 381 g/mol. The molecule has 1 aromatic carbocycles. The number of carbonyl (C=O) groups is 1. The summed E-state index contributed by atoms with van der Waals surface area (Å²) in [5.41, 5.74) is 1.14. The summed E-state index contributed by atoms with van der Waals surface area (Å²) in [6.45, 7) is 2.35. The Balaban J connectivity index is 1.55. The topological polar surface area (TPSA) is 117 Å². The Morgan fingerprint density at radius 2 is 2.08 bits per heavy atom. The minimum Gasteiger partial charge on any atom is -0.348 e. The summed E-state index contributed by atoms with van der Waals surface area (Å²) in [5, 5.41) is 13.3. The molecule has 0 bridgehead atoms. The lowest BCUT2D eigenvalue weighted by Gasteiger charge is -2.12. The summed E-state index contributed by atoms with van der Waals surface area (Å²) in [7, 11) is -3.81. The molecule has 2 amide bonds. The first kappa shape index (κ1) is 17.6. The summed E-state index contributed by atoms with van der Waals surface area (Å²) in [4.78, 5) is 18.7. The van der Waals surface area contributed by atoms with E-state index in [1.165, 1.54) is 31.0 Å². The van der Waals surface area contributed by atoms with E-state index in [0.29, 0.717) is 12.2 Å². The van der Waals surface area contributed by atoms with Crippen molar-refractivity contribution in [1.29, 1.82) is 0 Å². The molecule has 4 N–H and O–H groups in total. The van der Waals surface area contributed by atoms with Crippen LogP contribution >= 0.6 is 11.3 Å². The van der Waals surface area contributed by atoms with Crippen molar-refractivity contribution < 1.29 is 13.2 Å². The number of carbonyl (C=O) groups excluding carboxylic acids is 1. The van der Waals surface area contributed by atoms with Crippen LogP contribution in [0.1, 0.15) is 18.5 Å². The zero-order valence-electron chi connectivity index (χ0n) is 13.4. The highest BCUT2D eigenvalue weighted by molar-refractivity contribution is 7.89. The number of benzene rings is 1. The average Bonchev–Trinajstić information content (AvgIpc) is 3.24. The Hall–Kier alpha value is -2.17. The molecule has 1 aromatic heterocycles. The van der Waals surface area contributed by atoms with Gasteiger partial charge < -0.3 is 15.5 Å². The van der Waals surface area contributed by atoms with Crippen molar-refractivity contribution >= 4 is 38.2 Å². The number of anilines is 2. The number of nitrogens with one attached hydrogen (secondary N) is 2. The maximum absolute atomic E-state index is 12.0. The van der Waals surface area contributed by atoms with E-state index in [1.54, 1.807) is 17.4 Å². The van der Waals surface area contributed by atoms with Gasteiger partial charge in [-0.2, -0.15) is 0 Å². The summed E-state index contributed by atoms with van der Waals surface area (Å²) in [6, 6.07) is 5.33. The fourth-order valence-electron chi connectivity index (χ4n) is 2.53. The van der Waals surface area contributed by atoms with E-state index < -0.39 is 16.1 Å². The number of hydrogen-bond donors (Lipinski definition) is 3. The summed E-state index contributed by atoms with van der Waals surface area (Å²) < 4.78 is 22.7. The van der Waals surface area contributed by atoms with Crippen LogP contribution in [0.25, 0.3) is 0 Å². The molecule has 2 aromatic rings.